The van der Waals surface area contributed by atoms with Crippen molar-refractivity contribution in [3.63, 3.8) is 0 Å². The Morgan fingerprint density at radius 1 is 1.38 bits per heavy atom. The Bertz CT molecular complexity index is 680. The van der Waals surface area contributed by atoms with E-state index < -0.39 is 0 Å². The standard InChI is InChI=1S/C17H22N4O2S/c1-2-14(18)17-20-15(11-24-17)16(22)19-12-3-5-13(6-4-12)21-7-9-23-10-8-21/h3-6,11,14H,2,7-10,18H2,1H3,(H,19,22). The summed E-state index contributed by atoms with van der Waals surface area (Å²) in [6.07, 6.45) is 0.803. The van der Waals surface area contributed by atoms with Crippen LogP contribution in [-0.4, -0.2) is 37.2 Å². The van der Waals surface area contributed by atoms with Crippen molar-refractivity contribution in [2.75, 3.05) is 36.5 Å². The molecule has 1 aromatic carbocycles. The molecule has 1 atom stereocenters. The summed E-state index contributed by atoms with van der Waals surface area (Å²) >= 11 is 1.43. The lowest BCUT2D eigenvalue weighted by atomic mass is 10.2. The lowest BCUT2D eigenvalue weighted by molar-refractivity contribution is 0.102. The molecule has 3 rings (SSSR count). The van der Waals surface area contributed by atoms with Crippen molar-refractivity contribution in [2.24, 2.45) is 5.73 Å². The fourth-order valence-corrected chi connectivity index (χ4v) is 3.39. The molecule has 1 aliphatic heterocycles. The zero-order valence-corrected chi connectivity index (χ0v) is 14.5. The third-order valence-electron chi connectivity index (χ3n) is 4.01. The van der Waals surface area contributed by atoms with Gasteiger partial charge >= 0.3 is 0 Å². The van der Waals surface area contributed by atoms with Gasteiger partial charge in [0.15, 0.2) is 0 Å². The summed E-state index contributed by atoms with van der Waals surface area (Å²) in [7, 11) is 0. The molecule has 1 saturated heterocycles. The number of carbonyl (C=O) groups excluding carboxylic acids is 1. The van der Waals surface area contributed by atoms with Crippen LogP contribution in [0, 0.1) is 0 Å². The topological polar surface area (TPSA) is 80.5 Å². The van der Waals surface area contributed by atoms with Crippen molar-refractivity contribution < 1.29 is 9.53 Å². The van der Waals surface area contributed by atoms with Crippen LogP contribution >= 0.6 is 11.3 Å². The van der Waals surface area contributed by atoms with E-state index in [4.69, 9.17) is 10.5 Å². The van der Waals surface area contributed by atoms with Crippen LogP contribution in [0.5, 0.6) is 0 Å². The molecule has 1 aromatic heterocycles. The van der Waals surface area contributed by atoms with Gasteiger partial charge in [0.05, 0.1) is 19.3 Å². The van der Waals surface area contributed by atoms with Crippen molar-refractivity contribution in [3.8, 4) is 0 Å². The number of hydrogen-bond donors (Lipinski definition) is 2. The summed E-state index contributed by atoms with van der Waals surface area (Å²) < 4.78 is 5.36. The van der Waals surface area contributed by atoms with E-state index in [1.807, 2.05) is 31.2 Å². The maximum absolute atomic E-state index is 12.3. The largest absolute Gasteiger partial charge is 0.378 e. The van der Waals surface area contributed by atoms with E-state index in [9.17, 15) is 4.79 Å². The minimum atomic E-state index is -0.208. The summed E-state index contributed by atoms with van der Waals surface area (Å²) in [6.45, 7) is 5.30. The first-order valence-electron chi connectivity index (χ1n) is 8.12. The van der Waals surface area contributed by atoms with Gasteiger partial charge < -0.3 is 20.7 Å². The van der Waals surface area contributed by atoms with Gasteiger partial charge in [-0.1, -0.05) is 6.92 Å². The van der Waals surface area contributed by atoms with Crippen LogP contribution < -0.4 is 16.0 Å². The molecule has 0 saturated carbocycles. The van der Waals surface area contributed by atoms with E-state index in [1.165, 1.54) is 11.3 Å². The van der Waals surface area contributed by atoms with Crippen LogP contribution in [-0.2, 0) is 4.74 Å². The predicted molar refractivity (Wildman–Crippen MR) is 96.8 cm³/mol. The third kappa shape index (κ3) is 3.92. The van der Waals surface area contributed by atoms with Gasteiger partial charge in [-0.15, -0.1) is 11.3 Å². The van der Waals surface area contributed by atoms with Crippen LogP contribution in [0.3, 0.4) is 0 Å². The van der Waals surface area contributed by atoms with Gasteiger partial charge in [0.25, 0.3) is 5.91 Å². The van der Waals surface area contributed by atoms with Gasteiger partial charge in [-0.25, -0.2) is 4.98 Å². The van der Waals surface area contributed by atoms with Gasteiger partial charge in [0.1, 0.15) is 10.7 Å². The molecule has 1 aliphatic rings. The molecule has 3 N–H and O–H groups in total. The highest BCUT2D eigenvalue weighted by Gasteiger charge is 2.15. The third-order valence-corrected chi connectivity index (χ3v) is 4.99. The maximum atomic E-state index is 12.3. The summed E-state index contributed by atoms with van der Waals surface area (Å²) in [5.41, 5.74) is 8.26. The molecular formula is C17H22N4O2S. The second-order valence-electron chi connectivity index (χ2n) is 5.69. The molecule has 7 heteroatoms. The number of nitrogens with zero attached hydrogens (tertiary/aromatic N) is 2. The molecular weight excluding hydrogens is 324 g/mol. The number of morpholine rings is 1. The minimum Gasteiger partial charge on any atom is -0.378 e. The van der Waals surface area contributed by atoms with E-state index in [2.05, 4.69) is 15.2 Å². The zero-order chi connectivity index (χ0) is 16.9. The van der Waals surface area contributed by atoms with Crippen LogP contribution in [0.1, 0.15) is 34.9 Å². The minimum absolute atomic E-state index is 0.107. The number of rotatable bonds is 5. The SMILES string of the molecule is CCC(N)c1nc(C(=O)Nc2ccc(N3CCOCC3)cc2)cs1. The monoisotopic (exact) mass is 346 g/mol. The second-order valence-corrected chi connectivity index (χ2v) is 6.58. The molecule has 6 nitrogen and oxygen atoms in total. The smallest absolute Gasteiger partial charge is 0.275 e. The molecule has 2 heterocycles. The zero-order valence-electron chi connectivity index (χ0n) is 13.7. The number of carbonyl (C=O) groups is 1. The Morgan fingerprint density at radius 3 is 2.75 bits per heavy atom. The first-order chi connectivity index (χ1) is 11.7. The van der Waals surface area contributed by atoms with Crippen LogP contribution in [0.2, 0.25) is 0 Å². The Labute approximate surface area is 145 Å². The Hall–Kier alpha value is -1.96. The van der Waals surface area contributed by atoms with Crippen molar-refractivity contribution in [3.05, 3.63) is 40.3 Å². The normalized spacial score (nSPS) is 16.0. The summed E-state index contributed by atoms with van der Waals surface area (Å²) in [5.74, 6) is -0.208. The van der Waals surface area contributed by atoms with Gasteiger partial charge in [0.2, 0.25) is 0 Å². The summed E-state index contributed by atoms with van der Waals surface area (Å²) in [6, 6.07) is 7.74. The van der Waals surface area contributed by atoms with E-state index in [0.717, 1.165) is 49.1 Å². The molecule has 24 heavy (non-hydrogen) atoms. The lowest BCUT2D eigenvalue weighted by Gasteiger charge is -2.28. The molecule has 0 aliphatic carbocycles. The fourth-order valence-electron chi connectivity index (χ4n) is 2.51. The predicted octanol–water partition coefficient (Wildman–Crippen LogP) is 2.64. The Kier molecular flexibility index (Phi) is 5.44. The highest BCUT2D eigenvalue weighted by atomic mass is 32.1. The number of nitrogens with one attached hydrogen (secondary N) is 1. The average Bonchev–Trinajstić information content (AvgIpc) is 3.13. The quantitative estimate of drug-likeness (QED) is 0.870. The average molecular weight is 346 g/mol. The van der Waals surface area contributed by atoms with Crippen LogP contribution in [0.25, 0.3) is 0 Å². The van der Waals surface area contributed by atoms with Crippen LogP contribution in [0.4, 0.5) is 11.4 Å². The number of nitrogens with two attached hydrogens (primary N) is 1. The van der Waals surface area contributed by atoms with Crippen molar-refractivity contribution >= 4 is 28.6 Å². The highest BCUT2D eigenvalue weighted by molar-refractivity contribution is 7.09. The van der Waals surface area contributed by atoms with Gasteiger partial charge in [0, 0.05) is 29.8 Å². The van der Waals surface area contributed by atoms with Gasteiger partial charge in [-0.2, -0.15) is 0 Å². The molecule has 1 fully saturated rings. The fraction of sp³-hybridized carbons (Fsp3) is 0.412. The highest BCUT2D eigenvalue weighted by Crippen LogP contribution is 2.21. The number of hydrogen-bond acceptors (Lipinski definition) is 6. The summed E-state index contributed by atoms with van der Waals surface area (Å²) in [4.78, 5) is 18.9. The van der Waals surface area contributed by atoms with Crippen LogP contribution in [0.15, 0.2) is 29.6 Å². The van der Waals surface area contributed by atoms with Gasteiger partial charge in [-0.3, -0.25) is 4.79 Å². The molecule has 2 aromatic rings. The lowest BCUT2D eigenvalue weighted by Crippen LogP contribution is -2.36. The molecule has 1 amide bonds. The second kappa shape index (κ2) is 7.74. The molecule has 128 valence electrons. The first-order valence-corrected chi connectivity index (χ1v) is 9.00. The number of ether oxygens (including phenoxy) is 1. The maximum Gasteiger partial charge on any atom is 0.275 e. The van der Waals surface area contributed by atoms with E-state index >= 15 is 0 Å². The molecule has 0 bridgehead atoms. The number of anilines is 2. The first kappa shape index (κ1) is 16.9. The number of benzene rings is 1. The van der Waals surface area contributed by atoms with E-state index in [0.29, 0.717) is 5.69 Å². The van der Waals surface area contributed by atoms with Crippen molar-refractivity contribution in [2.45, 2.75) is 19.4 Å². The van der Waals surface area contributed by atoms with Gasteiger partial charge in [-0.05, 0) is 30.7 Å². The van der Waals surface area contributed by atoms with E-state index in [1.54, 1.807) is 5.38 Å². The van der Waals surface area contributed by atoms with E-state index in [-0.39, 0.29) is 11.9 Å². The Morgan fingerprint density at radius 2 is 2.08 bits per heavy atom. The number of thiazole rings is 1. The molecule has 0 radical (unpaired) electrons. The Balaban J connectivity index is 1.62. The summed E-state index contributed by atoms with van der Waals surface area (Å²) in [5, 5.41) is 5.43. The molecule has 0 spiro atoms. The van der Waals surface area contributed by atoms with Crippen molar-refractivity contribution in [1.82, 2.24) is 4.98 Å². The number of aromatic nitrogens is 1. The number of amides is 1. The molecule has 1 unspecified atom stereocenters. The van der Waals surface area contributed by atoms with Crippen molar-refractivity contribution in [1.29, 1.82) is 0 Å².